The molecule has 0 radical (unpaired) electrons. The number of nitrogens with zero attached hydrogens (tertiary/aromatic N) is 2. The maximum atomic E-state index is 12.6. The zero-order valence-corrected chi connectivity index (χ0v) is 13.8. The van der Waals surface area contributed by atoms with Gasteiger partial charge in [-0.05, 0) is 24.6 Å². The molecule has 1 aliphatic rings. The van der Waals surface area contributed by atoms with Crippen LogP contribution in [0.5, 0.6) is 0 Å². The number of aliphatic hydroxyl groups excluding tert-OH is 1. The quantitative estimate of drug-likeness (QED) is 0.826. The third kappa shape index (κ3) is 3.52. The van der Waals surface area contributed by atoms with Crippen LogP contribution in [-0.4, -0.2) is 45.9 Å². The molecule has 1 amide bonds. The van der Waals surface area contributed by atoms with Crippen molar-refractivity contribution in [3.05, 3.63) is 58.6 Å². The summed E-state index contributed by atoms with van der Waals surface area (Å²) in [4.78, 5) is 28.5. The molecule has 2 aromatic rings. The van der Waals surface area contributed by atoms with Gasteiger partial charge < -0.3 is 19.9 Å². The van der Waals surface area contributed by atoms with E-state index < -0.39 is 49.5 Å². The second-order valence-corrected chi connectivity index (χ2v) is 5.63. The first-order valence-electron chi connectivity index (χ1n) is 10.3. The summed E-state index contributed by atoms with van der Waals surface area (Å²) in [5, 5.41) is 12.9. The summed E-state index contributed by atoms with van der Waals surface area (Å²) in [6.45, 7) is 1.15. The maximum Gasteiger partial charge on any atom is 0.351 e. The molecule has 8 nitrogen and oxygen atoms in total. The Kier molecular flexibility index (Phi) is 3.81. The number of methoxy groups -OCH3 is 1. The van der Waals surface area contributed by atoms with E-state index in [1.807, 2.05) is 0 Å². The minimum Gasteiger partial charge on any atom is -0.388 e. The Morgan fingerprint density at radius 1 is 1.46 bits per heavy atom. The lowest BCUT2D eigenvalue weighted by Gasteiger charge is -2.20. The van der Waals surface area contributed by atoms with E-state index in [2.05, 4.69) is 10.3 Å². The molecule has 1 aromatic carbocycles. The molecular formula is C18H21N3O5. The van der Waals surface area contributed by atoms with Crippen LogP contribution >= 0.6 is 0 Å². The number of aromatic nitrogens is 2. The van der Waals surface area contributed by atoms with Crippen LogP contribution in [0.3, 0.4) is 0 Å². The molecule has 138 valence electrons. The summed E-state index contributed by atoms with van der Waals surface area (Å²) >= 11 is 0. The van der Waals surface area contributed by atoms with Crippen molar-refractivity contribution >= 4 is 11.7 Å². The molecule has 1 saturated heterocycles. The highest BCUT2D eigenvalue weighted by Crippen LogP contribution is 2.31. The van der Waals surface area contributed by atoms with Crippen LogP contribution < -0.4 is 11.0 Å². The number of rotatable bonds is 5. The first-order chi connectivity index (χ1) is 14.4. The van der Waals surface area contributed by atoms with Crippen molar-refractivity contribution in [3.8, 4) is 0 Å². The Labute approximate surface area is 157 Å². The van der Waals surface area contributed by atoms with Crippen LogP contribution in [0.4, 0.5) is 5.82 Å². The van der Waals surface area contributed by atoms with E-state index in [4.69, 9.17) is 16.3 Å². The van der Waals surface area contributed by atoms with Crippen molar-refractivity contribution in [1.82, 2.24) is 9.55 Å². The molecule has 1 aliphatic heterocycles. The van der Waals surface area contributed by atoms with Crippen LogP contribution in [0.15, 0.2) is 47.4 Å². The second-order valence-electron chi connectivity index (χ2n) is 5.63. The first kappa shape index (κ1) is 12.7. The summed E-state index contributed by atoms with van der Waals surface area (Å²) in [7, 11) is -2.93. The van der Waals surface area contributed by atoms with Crippen molar-refractivity contribution in [2.75, 3.05) is 12.4 Å². The minimum atomic E-state index is -2.93. The van der Waals surface area contributed by atoms with Gasteiger partial charge in [0.1, 0.15) is 18.0 Å². The molecule has 2 N–H and O–H groups in total. The molecule has 0 spiro atoms. The number of ether oxygens (including phenoxy) is 2. The summed E-state index contributed by atoms with van der Waals surface area (Å²) in [5.74, 6) is -0.537. The molecule has 4 atom stereocenters. The second kappa shape index (κ2) is 7.77. The Morgan fingerprint density at radius 2 is 2.23 bits per heavy atom. The van der Waals surface area contributed by atoms with Crippen LogP contribution in [0.25, 0.3) is 0 Å². The fourth-order valence-electron chi connectivity index (χ4n) is 2.69. The van der Waals surface area contributed by atoms with Gasteiger partial charge in [0.25, 0.3) is 5.91 Å². The molecule has 0 bridgehead atoms. The molecule has 8 heteroatoms. The first-order valence-corrected chi connectivity index (χ1v) is 7.84. The van der Waals surface area contributed by atoms with Crippen LogP contribution in [0.1, 0.15) is 36.7 Å². The number of carbonyl (C=O) groups is 1. The standard InChI is InChI=1S/C18H21N3O5/c1-3-12-14(22)15(25-2)17(26-12)21-10-9-13(20-18(21)24)19-16(23)11-7-5-4-6-8-11/h4-10,12,14-15,17,22H,3H2,1-2H3,(H,19,20,23,24)/t12-,14-,15-,17-/m1/s1/i2D3,3D2. The maximum absolute atomic E-state index is 12.6. The number of nitrogens with one attached hydrogen (secondary N) is 1. The van der Waals surface area contributed by atoms with Gasteiger partial charge in [0.2, 0.25) is 0 Å². The number of amides is 1. The summed E-state index contributed by atoms with van der Waals surface area (Å²) in [6.07, 6.45) is -6.97. The minimum absolute atomic E-state index is 0.0516. The molecule has 0 saturated carbocycles. The van der Waals surface area contributed by atoms with Crippen molar-refractivity contribution in [3.63, 3.8) is 0 Å². The van der Waals surface area contributed by atoms with Gasteiger partial charge in [0.15, 0.2) is 6.23 Å². The predicted molar refractivity (Wildman–Crippen MR) is 93.9 cm³/mol. The molecule has 0 aliphatic carbocycles. The Hall–Kier alpha value is -2.55. The molecule has 0 unspecified atom stereocenters. The van der Waals surface area contributed by atoms with Crippen LogP contribution in [0.2, 0.25) is 0 Å². The van der Waals surface area contributed by atoms with E-state index in [1.54, 1.807) is 30.3 Å². The summed E-state index contributed by atoms with van der Waals surface area (Å²) in [6, 6.07) is 9.56. The van der Waals surface area contributed by atoms with Crippen molar-refractivity contribution < 1.29 is 26.2 Å². The monoisotopic (exact) mass is 364 g/mol. The zero-order chi connectivity index (χ0) is 23.0. The number of hydrogen-bond acceptors (Lipinski definition) is 6. The van der Waals surface area contributed by atoms with Crippen molar-refractivity contribution in [2.24, 2.45) is 0 Å². The molecule has 1 fully saturated rings. The van der Waals surface area contributed by atoms with E-state index in [0.29, 0.717) is 5.56 Å². The zero-order valence-electron chi connectivity index (χ0n) is 18.8. The van der Waals surface area contributed by atoms with Gasteiger partial charge in [-0.3, -0.25) is 9.36 Å². The summed E-state index contributed by atoms with van der Waals surface area (Å²) < 4.78 is 48.8. The van der Waals surface area contributed by atoms with Gasteiger partial charge >= 0.3 is 5.69 Å². The normalized spacial score (nSPS) is 29.1. The van der Waals surface area contributed by atoms with Crippen LogP contribution in [-0.2, 0) is 9.47 Å². The third-order valence-electron chi connectivity index (χ3n) is 4.02. The fourth-order valence-corrected chi connectivity index (χ4v) is 2.69. The van der Waals surface area contributed by atoms with Crippen molar-refractivity contribution in [1.29, 1.82) is 0 Å². The van der Waals surface area contributed by atoms with Gasteiger partial charge in [-0.25, -0.2) is 4.79 Å². The lowest BCUT2D eigenvalue weighted by atomic mass is 10.1. The third-order valence-corrected chi connectivity index (χ3v) is 4.02. The number of carbonyl (C=O) groups excluding carboxylic acids is 1. The molecular weight excluding hydrogens is 338 g/mol. The largest absolute Gasteiger partial charge is 0.388 e. The lowest BCUT2D eigenvalue weighted by Crippen LogP contribution is -2.37. The SMILES string of the molecule is [2H]C([2H])([2H])O[C@@H]1[C@H](O)[C@@H](C([2H])([2H])C)O[C@H]1n1ccc(NC(=O)c2ccccc2)nc1=O. The van der Waals surface area contributed by atoms with Gasteiger partial charge in [0, 0.05) is 21.5 Å². The highest BCUT2D eigenvalue weighted by molar-refractivity contribution is 6.03. The van der Waals surface area contributed by atoms with E-state index >= 15 is 0 Å². The number of aliphatic hydroxyl groups is 1. The number of hydrogen-bond donors (Lipinski definition) is 2. The molecule has 1 aromatic heterocycles. The lowest BCUT2D eigenvalue weighted by molar-refractivity contribution is -0.0541. The van der Waals surface area contributed by atoms with Crippen molar-refractivity contribution in [2.45, 2.75) is 37.8 Å². The van der Waals surface area contributed by atoms with E-state index in [0.717, 1.165) is 11.5 Å². The van der Waals surface area contributed by atoms with E-state index in [-0.39, 0.29) is 5.82 Å². The van der Waals surface area contributed by atoms with E-state index in [1.165, 1.54) is 12.3 Å². The highest BCUT2D eigenvalue weighted by Gasteiger charge is 2.44. The predicted octanol–water partition coefficient (Wildman–Crippen LogP) is 1.18. The average Bonchev–Trinajstić information content (AvgIpc) is 2.98. The Morgan fingerprint density at radius 3 is 2.88 bits per heavy atom. The van der Waals surface area contributed by atoms with Gasteiger partial charge in [-0.1, -0.05) is 25.1 Å². The smallest absolute Gasteiger partial charge is 0.351 e. The highest BCUT2D eigenvalue weighted by atomic mass is 16.6. The number of anilines is 1. The summed E-state index contributed by atoms with van der Waals surface area (Å²) in [5.41, 5.74) is -0.561. The van der Waals surface area contributed by atoms with Gasteiger partial charge in [-0.15, -0.1) is 0 Å². The average molecular weight is 364 g/mol. The Bertz CT molecular complexity index is 993. The van der Waals surface area contributed by atoms with E-state index in [9.17, 15) is 14.7 Å². The number of benzene rings is 1. The molecule has 2 heterocycles. The molecule has 3 rings (SSSR count). The topological polar surface area (TPSA) is 103 Å². The van der Waals surface area contributed by atoms with Gasteiger partial charge in [0.05, 0.1) is 10.2 Å². The van der Waals surface area contributed by atoms with Crippen LogP contribution in [0, 0.1) is 0 Å². The Balaban J connectivity index is 1.87. The fraction of sp³-hybridized carbons (Fsp3) is 0.389. The van der Waals surface area contributed by atoms with Gasteiger partial charge in [-0.2, -0.15) is 4.98 Å². The molecule has 26 heavy (non-hydrogen) atoms.